The lowest BCUT2D eigenvalue weighted by Gasteiger charge is -2.31. The van der Waals surface area contributed by atoms with Gasteiger partial charge in [-0.05, 0) is 43.2 Å². The van der Waals surface area contributed by atoms with Gasteiger partial charge in [0.25, 0.3) is 0 Å². The fourth-order valence-electron chi connectivity index (χ4n) is 3.10. The molecule has 7 heteroatoms. The van der Waals surface area contributed by atoms with E-state index in [0.717, 1.165) is 18.9 Å². The number of carbonyl (C=O) groups excluding carboxylic acids is 1. The number of piperidine rings is 1. The first kappa shape index (κ1) is 23.5. The second-order valence-electron chi connectivity index (χ2n) is 6.91. The Morgan fingerprint density at radius 3 is 2.48 bits per heavy atom. The summed E-state index contributed by atoms with van der Waals surface area (Å²) in [6.07, 6.45) is 1.44. The molecular formula is C22H29IN4OS. The van der Waals surface area contributed by atoms with Gasteiger partial charge < -0.3 is 15.5 Å². The van der Waals surface area contributed by atoms with E-state index in [1.807, 2.05) is 13.1 Å². The zero-order chi connectivity index (χ0) is 19.8. The number of rotatable bonds is 6. The maximum Gasteiger partial charge on any atom is 0.222 e. The number of halogens is 1. The standard InChI is InChI=1S/C22H28N4OS.HI/c1-3-23-22(25-18-11-14-21(27)26(2)16-18)24-15-17-9-12-20(13-10-17)28-19-7-5-4-6-8-19;/h4-10,12-13,18H,3,11,14-16H2,1-2H3,(H2,23,24,25);1H. The summed E-state index contributed by atoms with van der Waals surface area (Å²) in [6.45, 7) is 4.20. The van der Waals surface area contributed by atoms with Crippen molar-refractivity contribution in [2.75, 3.05) is 20.1 Å². The van der Waals surface area contributed by atoms with Crippen molar-refractivity contribution in [3.8, 4) is 0 Å². The van der Waals surface area contributed by atoms with Crippen molar-refractivity contribution < 1.29 is 4.79 Å². The maximum absolute atomic E-state index is 11.7. The lowest BCUT2D eigenvalue weighted by Crippen LogP contribution is -2.51. The molecule has 1 amide bonds. The third-order valence-corrected chi connectivity index (χ3v) is 5.65. The van der Waals surface area contributed by atoms with Gasteiger partial charge in [-0.2, -0.15) is 0 Å². The summed E-state index contributed by atoms with van der Waals surface area (Å²) < 4.78 is 0. The van der Waals surface area contributed by atoms with E-state index in [9.17, 15) is 4.79 Å². The molecule has 2 aromatic rings. The van der Waals surface area contributed by atoms with Crippen LogP contribution in [0, 0.1) is 0 Å². The average Bonchev–Trinajstić information content (AvgIpc) is 2.71. The number of benzene rings is 2. The Labute approximate surface area is 194 Å². The van der Waals surface area contributed by atoms with Crippen LogP contribution in [0.5, 0.6) is 0 Å². The van der Waals surface area contributed by atoms with E-state index in [0.29, 0.717) is 19.5 Å². The summed E-state index contributed by atoms with van der Waals surface area (Å²) >= 11 is 1.76. The number of likely N-dealkylation sites (tertiary alicyclic amines) is 1. The smallest absolute Gasteiger partial charge is 0.222 e. The van der Waals surface area contributed by atoms with Crippen LogP contribution in [0.15, 0.2) is 69.4 Å². The van der Waals surface area contributed by atoms with E-state index in [2.05, 4.69) is 66.1 Å². The number of guanidine groups is 1. The predicted molar refractivity (Wildman–Crippen MR) is 131 cm³/mol. The summed E-state index contributed by atoms with van der Waals surface area (Å²) in [5.41, 5.74) is 1.17. The van der Waals surface area contributed by atoms with Crippen LogP contribution in [-0.4, -0.2) is 42.9 Å². The summed E-state index contributed by atoms with van der Waals surface area (Å²) in [7, 11) is 1.86. The molecule has 1 saturated heterocycles. The largest absolute Gasteiger partial charge is 0.357 e. The number of hydrogen-bond donors (Lipinski definition) is 2. The van der Waals surface area contributed by atoms with Crippen molar-refractivity contribution in [2.45, 2.75) is 42.1 Å². The molecule has 156 valence electrons. The zero-order valence-corrected chi connectivity index (χ0v) is 20.1. The molecule has 0 aliphatic carbocycles. The number of hydrogen-bond acceptors (Lipinski definition) is 3. The Hall–Kier alpha value is -1.74. The third-order valence-electron chi connectivity index (χ3n) is 4.63. The van der Waals surface area contributed by atoms with Gasteiger partial charge in [0.15, 0.2) is 5.96 Å². The summed E-state index contributed by atoms with van der Waals surface area (Å²) in [4.78, 5) is 20.6. The van der Waals surface area contributed by atoms with Crippen LogP contribution in [-0.2, 0) is 11.3 Å². The van der Waals surface area contributed by atoms with Crippen LogP contribution in [0.1, 0.15) is 25.3 Å². The van der Waals surface area contributed by atoms with Gasteiger partial charge in [0, 0.05) is 42.4 Å². The maximum atomic E-state index is 11.7. The quantitative estimate of drug-likeness (QED) is 0.339. The van der Waals surface area contributed by atoms with E-state index >= 15 is 0 Å². The molecule has 0 aromatic heterocycles. The van der Waals surface area contributed by atoms with Crippen LogP contribution >= 0.6 is 35.7 Å². The average molecular weight is 524 g/mol. The number of amides is 1. The minimum absolute atomic E-state index is 0. The summed E-state index contributed by atoms with van der Waals surface area (Å²) in [6, 6.07) is 19.2. The summed E-state index contributed by atoms with van der Waals surface area (Å²) in [5.74, 6) is 1.02. The monoisotopic (exact) mass is 524 g/mol. The van der Waals surface area contributed by atoms with Gasteiger partial charge in [0.05, 0.1) is 6.54 Å². The second-order valence-corrected chi connectivity index (χ2v) is 8.06. The van der Waals surface area contributed by atoms with E-state index in [1.165, 1.54) is 15.4 Å². The highest BCUT2D eigenvalue weighted by atomic mass is 127. The molecule has 5 nitrogen and oxygen atoms in total. The lowest BCUT2D eigenvalue weighted by atomic mass is 10.1. The fourth-order valence-corrected chi connectivity index (χ4v) is 3.94. The highest BCUT2D eigenvalue weighted by Gasteiger charge is 2.23. The van der Waals surface area contributed by atoms with Crippen molar-refractivity contribution >= 4 is 47.6 Å². The predicted octanol–water partition coefficient (Wildman–Crippen LogP) is 4.13. The lowest BCUT2D eigenvalue weighted by molar-refractivity contribution is -0.132. The molecule has 1 fully saturated rings. The van der Waals surface area contributed by atoms with Crippen LogP contribution in [0.25, 0.3) is 0 Å². The van der Waals surface area contributed by atoms with Crippen molar-refractivity contribution in [3.05, 3.63) is 60.2 Å². The van der Waals surface area contributed by atoms with Gasteiger partial charge in [-0.1, -0.05) is 42.1 Å². The first-order valence-electron chi connectivity index (χ1n) is 9.74. The summed E-state index contributed by atoms with van der Waals surface area (Å²) in [5, 5.41) is 6.76. The van der Waals surface area contributed by atoms with Crippen LogP contribution in [0.4, 0.5) is 0 Å². The van der Waals surface area contributed by atoms with E-state index in [4.69, 9.17) is 4.99 Å². The molecular weight excluding hydrogens is 495 g/mol. The van der Waals surface area contributed by atoms with Gasteiger partial charge in [-0.15, -0.1) is 24.0 Å². The van der Waals surface area contributed by atoms with Crippen molar-refractivity contribution in [1.82, 2.24) is 15.5 Å². The molecule has 0 radical (unpaired) electrons. The van der Waals surface area contributed by atoms with Gasteiger partial charge in [-0.3, -0.25) is 4.79 Å². The van der Waals surface area contributed by atoms with Gasteiger partial charge >= 0.3 is 0 Å². The highest BCUT2D eigenvalue weighted by molar-refractivity contribution is 14.0. The van der Waals surface area contributed by atoms with Crippen LogP contribution < -0.4 is 10.6 Å². The minimum Gasteiger partial charge on any atom is -0.357 e. The molecule has 29 heavy (non-hydrogen) atoms. The van der Waals surface area contributed by atoms with Crippen molar-refractivity contribution in [1.29, 1.82) is 0 Å². The van der Waals surface area contributed by atoms with Crippen LogP contribution in [0.2, 0.25) is 0 Å². The zero-order valence-electron chi connectivity index (χ0n) is 16.9. The number of likely N-dealkylation sites (N-methyl/N-ethyl adjacent to an activating group) is 1. The van der Waals surface area contributed by atoms with E-state index in [1.54, 1.807) is 16.7 Å². The first-order chi connectivity index (χ1) is 13.6. The highest BCUT2D eigenvalue weighted by Crippen LogP contribution is 2.27. The molecule has 3 rings (SSSR count). The minimum atomic E-state index is 0. The van der Waals surface area contributed by atoms with E-state index in [-0.39, 0.29) is 35.9 Å². The molecule has 1 unspecified atom stereocenters. The number of carbonyl (C=O) groups is 1. The Morgan fingerprint density at radius 2 is 1.83 bits per heavy atom. The molecule has 2 N–H and O–H groups in total. The second kappa shape index (κ2) is 12.1. The Bertz CT molecular complexity index is 798. The van der Waals surface area contributed by atoms with Gasteiger partial charge in [0.2, 0.25) is 5.91 Å². The molecule has 1 heterocycles. The van der Waals surface area contributed by atoms with Crippen molar-refractivity contribution in [2.24, 2.45) is 4.99 Å². The third kappa shape index (κ3) is 7.54. The number of aliphatic imine (C=N–C) groups is 1. The number of nitrogens with one attached hydrogen (secondary N) is 2. The normalized spacial score (nSPS) is 16.9. The molecule has 1 aliphatic rings. The number of nitrogens with zero attached hydrogens (tertiary/aromatic N) is 2. The van der Waals surface area contributed by atoms with Gasteiger partial charge in [-0.25, -0.2) is 4.99 Å². The van der Waals surface area contributed by atoms with Gasteiger partial charge in [0.1, 0.15) is 0 Å². The Kier molecular flexibility index (Phi) is 9.80. The van der Waals surface area contributed by atoms with E-state index < -0.39 is 0 Å². The van der Waals surface area contributed by atoms with Crippen LogP contribution in [0.3, 0.4) is 0 Å². The Balaban J connectivity index is 0.00000300. The molecule has 0 saturated carbocycles. The molecule has 0 spiro atoms. The molecule has 0 bridgehead atoms. The van der Waals surface area contributed by atoms with Crippen molar-refractivity contribution in [3.63, 3.8) is 0 Å². The SMILES string of the molecule is CCNC(=NCc1ccc(Sc2ccccc2)cc1)NC1CCC(=O)N(C)C1.I. The molecule has 1 atom stereocenters. The Morgan fingerprint density at radius 1 is 1.14 bits per heavy atom. The first-order valence-corrected chi connectivity index (χ1v) is 10.6. The topological polar surface area (TPSA) is 56.7 Å². The molecule has 2 aromatic carbocycles. The molecule has 1 aliphatic heterocycles. The fraction of sp³-hybridized carbons (Fsp3) is 0.364.